The number of carboxylic acid groups (broad SMARTS) is 1. The van der Waals surface area contributed by atoms with Crippen LogP contribution in [0.2, 0.25) is 5.02 Å². The summed E-state index contributed by atoms with van der Waals surface area (Å²) in [7, 11) is 0. The number of nitrogens with zero attached hydrogens (tertiary/aromatic N) is 2. The molecular weight excluding hydrogens is 410 g/mol. The fourth-order valence-electron chi connectivity index (χ4n) is 3.40. The Morgan fingerprint density at radius 3 is 2.77 bits per heavy atom. The lowest BCUT2D eigenvalue weighted by molar-refractivity contribution is -0.148. The highest BCUT2D eigenvalue weighted by atomic mass is 35.5. The molecule has 0 saturated carbocycles. The van der Waals surface area contributed by atoms with Crippen molar-refractivity contribution in [2.45, 2.75) is 19.8 Å². The largest absolute Gasteiger partial charge is 0.478 e. The molecule has 30 heavy (non-hydrogen) atoms. The topological polar surface area (TPSA) is 109 Å². The van der Waals surface area contributed by atoms with Gasteiger partial charge in [-0.15, -0.1) is 0 Å². The van der Waals surface area contributed by atoms with Crippen LogP contribution in [0.15, 0.2) is 36.5 Å². The minimum absolute atomic E-state index is 0.0588. The summed E-state index contributed by atoms with van der Waals surface area (Å²) in [5, 5.41) is 12.6. The third-order valence-electron chi connectivity index (χ3n) is 4.81. The number of benzene rings is 1. The Morgan fingerprint density at radius 1 is 1.30 bits per heavy atom. The van der Waals surface area contributed by atoms with E-state index in [2.05, 4.69) is 10.3 Å². The maximum atomic E-state index is 12.4. The van der Waals surface area contributed by atoms with Gasteiger partial charge in [-0.3, -0.25) is 9.59 Å². The van der Waals surface area contributed by atoms with E-state index in [1.165, 1.54) is 12.3 Å². The predicted octanol–water partition coefficient (Wildman–Crippen LogP) is 3.47. The summed E-state index contributed by atoms with van der Waals surface area (Å²) in [5.74, 6) is -2.01. The number of anilines is 2. The van der Waals surface area contributed by atoms with Crippen LogP contribution in [0.3, 0.4) is 0 Å². The Labute approximate surface area is 178 Å². The van der Waals surface area contributed by atoms with Crippen LogP contribution in [-0.2, 0) is 9.53 Å². The Kier molecular flexibility index (Phi) is 6.89. The van der Waals surface area contributed by atoms with Gasteiger partial charge in [0, 0.05) is 13.1 Å². The van der Waals surface area contributed by atoms with Crippen molar-refractivity contribution in [3.05, 3.63) is 52.7 Å². The Morgan fingerprint density at radius 2 is 2.07 bits per heavy atom. The molecule has 1 atom stereocenters. The molecule has 1 saturated heterocycles. The van der Waals surface area contributed by atoms with Crippen molar-refractivity contribution >= 4 is 41.0 Å². The van der Waals surface area contributed by atoms with Gasteiger partial charge in [-0.2, -0.15) is 0 Å². The summed E-state index contributed by atoms with van der Waals surface area (Å²) in [4.78, 5) is 42.4. The number of hydrogen-bond donors (Lipinski definition) is 2. The molecule has 2 N–H and O–H groups in total. The van der Waals surface area contributed by atoms with Gasteiger partial charge in [-0.05, 0) is 38.0 Å². The maximum absolute atomic E-state index is 12.4. The van der Waals surface area contributed by atoms with Crippen LogP contribution in [0.4, 0.5) is 11.5 Å². The average Bonchev–Trinajstić information content (AvgIpc) is 2.74. The number of aromatic carboxylic acids is 1. The van der Waals surface area contributed by atoms with E-state index in [-0.39, 0.29) is 39.5 Å². The first kappa shape index (κ1) is 21.6. The monoisotopic (exact) mass is 431 g/mol. The maximum Gasteiger partial charge on any atom is 0.339 e. The predicted molar refractivity (Wildman–Crippen MR) is 112 cm³/mol. The normalized spacial score (nSPS) is 16.1. The fraction of sp³-hybridized carbons (Fsp3) is 0.333. The van der Waals surface area contributed by atoms with Crippen LogP contribution in [-0.4, -0.2) is 47.6 Å². The second-order valence-electron chi connectivity index (χ2n) is 6.87. The number of rotatable bonds is 6. The van der Waals surface area contributed by atoms with E-state index in [0.29, 0.717) is 26.1 Å². The summed E-state index contributed by atoms with van der Waals surface area (Å²) in [6, 6.07) is 7.91. The fourth-order valence-corrected chi connectivity index (χ4v) is 3.62. The van der Waals surface area contributed by atoms with Gasteiger partial charge >= 0.3 is 11.9 Å². The van der Waals surface area contributed by atoms with Gasteiger partial charge in [-0.1, -0.05) is 23.7 Å². The lowest BCUT2D eigenvalue weighted by Gasteiger charge is -2.33. The molecule has 158 valence electrons. The molecule has 0 bridgehead atoms. The molecule has 0 aliphatic carbocycles. The lowest BCUT2D eigenvalue weighted by atomic mass is 9.98. The number of aromatic nitrogens is 1. The zero-order valence-corrected chi connectivity index (χ0v) is 17.2. The summed E-state index contributed by atoms with van der Waals surface area (Å²) in [6.45, 7) is 2.96. The Balaban J connectivity index is 1.82. The third-order valence-corrected chi connectivity index (χ3v) is 5.14. The van der Waals surface area contributed by atoms with Gasteiger partial charge in [0.25, 0.3) is 5.91 Å². The van der Waals surface area contributed by atoms with Gasteiger partial charge < -0.3 is 20.1 Å². The summed E-state index contributed by atoms with van der Waals surface area (Å²) < 4.78 is 5.10. The molecular formula is C21H22ClN3O5. The van der Waals surface area contributed by atoms with Crippen LogP contribution in [0.25, 0.3) is 0 Å². The first-order chi connectivity index (χ1) is 14.4. The highest BCUT2D eigenvalue weighted by molar-refractivity contribution is 6.34. The van der Waals surface area contributed by atoms with Gasteiger partial charge in [0.2, 0.25) is 0 Å². The number of carbonyl (C=O) groups excluding carboxylic acids is 2. The average molecular weight is 432 g/mol. The molecule has 2 aromatic rings. The second kappa shape index (κ2) is 9.58. The van der Waals surface area contributed by atoms with Crippen molar-refractivity contribution in [3.63, 3.8) is 0 Å². The second-order valence-corrected chi connectivity index (χ2v) is 7.28. The van der Waals surface area contributed by atoms with Crippen molar-refractivity contribution in [2.24, 2.45) is 5.92 Å². The van der Waals surface area contributed by atoms with E-state index >= 15 is 0 Å². The van der Waals surface area contributed by atoms with Gasteiger partial charge in [0.05, 0.1) is 35.0 Å². The molecule has 1 aromatic heterocycles. The summed E-state index contributed by atoms with van der Waals surface area (Å²) in [6.07, 6.45) is 2.80. The smallest absolute Gasteiger partial charge is 0.339 e. The van der Waals surface area contributed by atoms with Crippen LogP contribution >= 0.6 is 11.6 Å². The highest BCUT2D eigenvalue weighted by Crippen LogP contribution is 2.27. The first-order valence-corrected chi connectivity index (χ1v) is 9.99. The van der Waals surface area contributed by atoms with E-state index in [1.54, 1.807) is 36.1 Å². The molecule has 1 amide bonds. The Bertz CT molecular complexity index is 965. The SMILES string of the molecule is CCOC(=O)[C@H]1CCCN(c2ncc(NC(=O)c3ccccc3Cl)cc2C(=O)O)C1. The minimum atomic E-state index is -1.18. The molecule has 1 aliphatic heterocycles. The molecule has 0 radical (unpaired) electrons. The summed E-state index contributed by atoms with van der Waals surface area (Å²) >= 11 is 6.04. The minimum Gasteiger partial charge on any atom is -0.478 e. The van der Waals surface area contributed by atoms with E-state index in [4.69, 9.17) is 16.3 Å². The van der Waals surface area contributed by atoms with Crippen LogP contribution in [0.5, 0.6) is 0 Å². The van der Waals surface area contributed by atoms with Crippen LogP contribution < -0.4 is 10.2 Å². The van der Waals surface area contributed by atoms with Crippen molar-refractivity contribution < 1.29 is 24.2 Å². The van der Waals surface area contributed by atoms with Crippen LogP contribution in [0.1, 0.15) is 40.5 Å². The third kappa shape index (κ3) is 4.88. The van der Waals surface area contributed by atoms with E-state index in [9.17, 15) is 19.5 Å². The van der Waals surface area contributed by atoms with Crippen molar-refractivity contribution in [3.8, 4) is 0 Å². The zero-order chi connectivity index (χ0) is 21.7. The number of esters is 1. The molecule has 0 spiro atoms. The van der Waals surface area contributed by atoms with Gasteiger partial charge in [0.1, 0.15) is 11.4 Å². The lowest BCUT2D eigenvalue weighted by Crippen LogP contribution is -2.40. The standard InChI is InChI=1S/C21H22ClN3O5/c1-2-30-21(29)13-6-5-9-25(12-13)18-16(20(27)28)10-14(11-23-18)24-19(26)15-7-3-4-8-17(15)22/h3-4,7-8,10-11,13H,2,5-6,9,12H2,1H3,(H,24,26)(H,27,28)/t13-/m0/s1. The molecule has 1 aromatic carbocycles. The van der Waals surface area contributed by atoms with E-state index in [0.717, 1.165) is 6.42 Å². The first-order valence-electron chi connectivity index (χ1n) is 9.61. The van der Waals surface area contributed by atoms with Crippen molar-refractivity contribution in [2.75, 3.05) is 29.9 Å². The molecule has 2 heterocycles. The molecule has 1 fully saturated rings. The number of piperidine rings is 1. The highest BCUT2D eigenvalue weighted by Gasteiger charge is 2.30. The number of amides is 1. The van der Waals surface area contributed by atoms with Gasteiger partial charge in [-0.25, -0.2) is 9.78 Å². The van der Waals surface area contributed by atoms with E-state index in [1.807, 2.05) is 0 Å². The molecule has 0 unspecified atom stereocenters. The van der Waals surface area contributed by atoms with Crippen molar-refractivity contribution in [1.29, 1.82) is 0 Å². The number of nitrogens with one attached hydrogen (secondary N) is 1. The Hall–Kier alpha value is -3.13. The number of halogens is 1. The number of ether oxygens (including phenoxy) is 1. The van der Waals surface area contributed by atoms with Crippen molar-refractivity contribution in [1.82, 2.24) is 4.98 Å². The van der Waals surface area contributed by atoms with E-state index < -0.39 is 11.9 Å². The molecule has 9 heteroatoms. The molecule has 8 nitrogen and oxygen atoms in total. The van der Waals surface area contributed by atoms with Gasteiger partial charge in [0.15, 0.2) is 0 Å². The summed E-state index contributed by atoms with van der Waals surface area (Å²) in [5.41, 5.74) is 0.449. The number of pyridine rings is 1. The number of carbonyl (C=O) groups is 3. The molecule has 1 aliphatic rings. The molecule has 3 rings (SSSR count). The zero-order valence-electron chi connectivity index (χ0n) is 16.4. The quantitative estimate of drug-likeness (QED) is 0.674. The number of hydrogen-bond acceptors (Lipinski definition) is 6. The van der Waals surface area contributed by atoms with Crippen LogP contribution in [0, 0.1) is 5.92 Å². The number of carboxylic acids is 1.